The molecule has 23 heavy (non-hydrogen) atoms. The van der Waals surface area contributed by atoms with Gasteiger partial charge in [-0.1, -0.05) is 30.9 Å². The lowest BCUT2D eigenvalue weighted by atomic mass is 9.96. The number of thiocarbonyl (C=S) groups is 1. The third kappa shape index (κ3) is 3.52. The zero-order valence-electron chi connectivity index (χ0n) is 13.5. The SMILES string of the molecule is Cc1cc(C)c2[nH]c(O)c(N=NC(=S)NC3CCCCC3)c2c1. The van der Waals surface area contributed by atoms with Crippen molar-refractivity contribution in [3.05, 3.63) is 23.3 Å². The molecule has 1 aromatic heterocycles. The van der Waals surface area contributed by atoms with Crippen LogP contribution < -0.4 is 5.32 Å². The molecule has 1 fully saturated rings. The van der Waals surface area contributed by atoms with Gasteiger partial charge < -0.3 is 15.4 Å². The highest BCUT2D eigenvalue weighted by molar-refractivity contribution is 7.80. The largest absolute Gasteiger partial charge is 0.493 e. The quantitative estimate of drug-likeness (QED) is 0.548. The molecule has 1 aliphatic carbocycles. The van der Waals surface area contributed by atoms with Crippen molar-refractivity contribution >= 4 is 33.9 Å². The Morgan fingerprint density at radius 3 is 2.74 bits per heavy atom. The second-order valence-corrected chi connectivity index (χ2v) is 6.70. The van der Waals surface area contributed by atoms with Crippen LogP contribution in [0.4, 0.5) is 5.69 Å². The van der Waals surface area contributed by atoms with E-state index in [4.69, 9.17) is 12.2 Å². The molecule has 6 heteroatoms. The van der Waals surface area contributed by atoms with Gasteiger partial charge in [-0.15, -0.1) is 10.2 Å². The van der Waals surface area contributed by atoms with Gasteiger partial charge in [0, 0.05) is 11.4 Å². The molecule has 0 aliphatic heterocycles. The zero-order valence-corrected chi connectivity index (χ0v) is 14.3. The number of fused-ring (bicyclic) bond motifs is 1. The minimum atomic E-state index is 0.0258. The van der Waals surface area contributed by atoms with Crippen molar-refractivity contribution in [2.24, 2.45) is 10.2 Å². The Morgan fingerprint density at radius 1 is 1.26 bits per heavy atom. The predicted molar refractivity (Wildman–Crippen MR) is 96.6 cm³/mol. The first kappa shape index (κ1) is 15.9. The molecular weight excluding hydrogens is 308 g/mol. The van der Waals surface area contributed by atoms with E-state index in [-0.39, 0.29) is 5.88 Å². The molecule has 0 saturated heterocycles. The highest BCUT2D eigenvalue weighted by atomic mass is 32.1. The first-order valence-corrected chi connectivity index (χ1v) is 8.49. The van der Waals surface area contributed by atoms with Crippen molar-refractivity contribution < 1.29 is 5.11 Å². The molecule has 0 atom stereocenters. The Balaban J connectivity index is 1.80. The highest BCUT2D eigenvalue weighted by Crippen LogP contribution is 2.37. The summed E-state index contributed by atoms with van der Waals surface area (Å²) in [5.74, 6) is 0.0258. The first-order valence-electron chi connectivity index (χ1n) is 8.08. The zero-order chi connectivity index (χ0) is 16.4. The van der Waals surface area contributed by atoms with Gasteiger partial charge in [0.25, 0.3) is 0 Å². The van der Waals surface area contributed by atoms with Gasteiger partial charge in [0.15, 0.2) is 5.69 Å². The van der Waals surface area contributed by atoms with E-state index in [1.807, 2.05) is 19.9 Å². The number of benzene rings is 1. The van der Waals surface area contributed by atoms with Crippen molar-refractivity contribution in [3.63, 3.8) is 0 Å². The molecule has 1 saturated carbocycles. The van der Waals surface area contributed by atoms with Crippen LogP contribution in [-0.2, 0) is 0 Å². The van der Waals surface area contributed by atoms with E-state index >= 15 is 0 Å². The van der Waals surface area contributed by atoms with Gasteiger partial charge in [-0.2, -0.15) is 0 Å². The molecule has 122 valence electrons. The number of rotatable bonds is 2. The average molecular weight is 330 g/mol. The normalized spacial score (nSPS) is 16.3. The van der Waals surface area contributed by atoms with Crippen LogP contribution in [0.15, 0.2) is 22.4 Å². The molecule has 3 N–H and O–H groups in total. The van der Waals surface area contributed by atoms with Gasteiger partial charge >= 0.3 is 0 Å². The lowest BCUT2D eigenvalue weighted by Crippen LogP contribution is -2.33. The van der Waals surface area contributed by atoms with Crippen LogP contribution in [0.3, 0.4) is 0 Å². The summed E-state index contributed by atoms with van der Waals surface area (Å²) in [5, 5.41) is 22.9. The Labute approximate surface area is 141 Å². The fourth-order valence-corrected chi connectivity index (χ4v) is 3.48. The van der Waals surface area contributed by atoms with E-state index in [1.54, 1.807) is 0 Å². The summed E-state index contributed by atoms with van der Waals surface area (Å²) in [6.45, 7) is 4.02. The maximum Gasteiger partial charge on any atom is 0.218 e. The number of aromatic amines is 1. The summed E-state index contributed by atoms with van der Waals surface area (Å²) in [6.07, 6.45) is 6.03. The smallest absolute Gasteiger partial charge is 0.218 e. The Morgan fingerprint density at radius 2 is 2.00 bits per heavy atom. The number of hydrogen-bond acceptors (Lipinski definition) is 3. The van der Waals surface area contributed by atoms with Gasteiger partial charge in [0.05, 0.1) is 5.52 Å². The summed E-state index contributed by atoms with van der Waals surface area (Å²) in [4.78, 5) is 2.97. The van der Waals surface area contributed by atoms with Crippen molar-refractivity contribution in [1.82, 2.24) is 10.3 Å². The summed E-state index contributed by atoms with van der Waals surface area (Å²) in [7, 11) is 0. The predicted octanol–water partition coefficient (Wildman–Crippen LogP) is 4.78. The van der Waals surface area contributed by atoms with Crippen molar-refractivity contribution in [3.8, 4) is 5.88 Å². The average Bonchev–Trinajstić information content (AvgIpc) is 2.82. The Bertz CT molecular complexity index is 760. The molecule has 0 radical (unpaired) electrons. The minimum Gasteiger partial charge on any atom is -0.493 e. The fourth-order valence-electron chi connectivity index (χ4n) is 3.27. The minimum absolute atomic E-state index is 0.0258. The van der Waals surface area contributed by atoms with Crippen LogP contribution >= 0.6 is 12.2 Å². The van der Waals surface area contributed by atoms with E-state index in [0.717, 1.165) is 34.9 Å². The lowest BCUT2D eigenvalue weighted by Gasteiger charge is -2.22. The number of aryl methyl sites for hydroxylation is 2. The molecule has 2 aromatic rings. The summed E-state index contributed by atoms with van der Waals surface area (Å²) < 4.78 is 0. The van der Waals surface area contributed by atoms with Crippen LogP contribution in [0.2, 0.25) is 0 Å². The van der Waals surface area contributed by atoms with Crippen molar-refractivity contribution in [1.29, 1.82) is 0 Å². The number of azo groups is 1. The molecule has 5 nitrogen and oxygen atoms in total. The molecule has 1 aromatic carbocycles. The summed E-state index contributed by atoms with van der Waals surface area (Å²) >= 11 is 5.26. The number of hydrogen-bond donors (Lipinski definition) is 3. The molecule has 0 bridgehead atoms. The molecule has 1 aliphatic rings. The molecule has 3 rings (SSSR count). The van der Waals surface area contributed by atoms with E-state index in [2.05, 4.69) is 26.6 Å². The molecular formula is C17H22N4OS. The Hall–Kier alpha value is -1.95. The maximum absolute atomic E-state index is 10.1. The number of nitrogens with one attached hydrogen (secondary N) is 2. The van der Waals surface area contributed by atoms with Crippen LogP contribution in [0.5, 0.6) is 5.88 Å². The monoisotopic (exact) mass is 330 g/mol. The van der Waals surface area contributed by atoms with Gasteiger partial charge in [-0.25, -0.2) is 0 Å². The van der Waals surface area contributed by atoms with Crippen molar-refractivity contribution in [2.45, 2.75) is 52.0 Å². The second-order valence-electron chi connectivity index (χ2n) is 6.31. The standard InChI is InChI=1S/C17H22N4OS/c1-10-8-11(2)14-13(9-10)15(16(22)19-14)20-21-17(23)18-12-6-4-3-5-7-12/h8-9,12,19,22H,3-7H2,1-2H3,(H,18,23). The topological polar surface area (TPSA) is 72.8 Å². The van der Waals surface area contributed by atoms with Gasteiger partial charge in [-0.05, 0) is 50.5 Å². The lowest BCUT2D eigenvalue weighted by molar-refractivity contribution is 0.414. The van der Waals surface area contributed by atoms with Gasteiger partial charge in [-0.3, -0.25) is 0 Å². The van der Waals surface area contributed by atoms with Crippen LogP contribution in [-0.4, -0.2) is 21.2 Å². The van der Waals surface area contributed by atoms with E-state index in [9.17, 15) is 5.11 Å². The third-order valence-electron chi connectivity index (χ3n) is 4.38. The van der Waals surface area contributed by atoms with Gasteiger partial charge in [0.2, 0.25) is 11.0 Å². The van der Waals surface area contributed by atoms with E-state index in [0.29, 0.717) is 16.8 Å². The molecule has 0 amide bonds. The number of H-pyrrole nitrogens is 1. The number of aromatic nitrogens is 1. The molecule has 1 heterocycles. The molecule has 0 spiro atoms. The van der Waals surface area contributed by atoms with Gasteiger partial charge in [0.1, 0.15) is 0 Å². The van der Waals surface area contributed by atoms with Crippen LogP contribution in [0.25, 0.3) is 10.9 Å². The Kier molecular flexibility index (Phi) is 4.61. The van der Waals surface area contributed by atoms with E-state index < -0.39 is 0 Å². The molecule has 0 unspecified atom stereocenters. The number of nitrogens with zero attached hydrogens (tertiary/aromatic N) is 2. The second kappa shape index (κ2) is 6.66. The highest BCUT2D eigenvalue weighted by Gasteiger charge is 2.15. The third-order valence-corrected chi connectivity index (χ3v) is 4.58. The number of aromatic hydroxyl groups is 1. The van der Waals surface area contributed by atoms with Crippen molar-refractivity contribution in [2.75, 3.05) is 0 Å². The fraction of sp³-hybridized carbons (Fsp3) is 0.471. The maximum atomic E-state index is 10.1. The van der Waals surface area contributed by atoms with E-state index in [1.165, 1.54) is 19.3 Å². The van der Waals surface area contributed by atoms with Crippen LogP contribution in [0, 0.1) is 13.8 Å². The summed E-state index contributed by atoms with van der Waals surface area (Å²) in [5.41, 5.74) is 3.51. The first-order chi connectivity index (χ1) is 11.0. The summed E-state index contributed by atoms with van der Waals surface area (Å²) in [6, 6.07) is 4.45. The van der Waals surface area contributed by atoms with Crippen LogP contribution in [0.1, 0.15) is 43.2 Å².